The molecular weight excluding hydrogens is 298 g/mol. The minimum Gasteiger partial charge on any atom is -0.338 e. The van der Waals surface area contributed by atoms with Gasteiger partial charge in [-0.15, -0.1) is 0 Å². The fourth-order valence-corrected chi connectivity index (χ4v) is 1.93. The highest BCUT2D eigenvalue weighted by Gasteiger charge is 2.28. The number of rotatable bonds is 1. The lowest BCUT2D eigenvalue weighted by Crippen LogP contribution is -2.04. The zero-order valence-electron chi connectivity index (χ0n) is 9.95. The van der Waals surface area contributed by atoms with Gasteiger partial charge < -0.3 is 4.98 Å². The van der Waals surface area contributed by atoms with Gasteiger partial charge in [0.2, 0.25) is 5.82 Å². The zero-order valence-corrected chi connectivity index (χ0v) is 9.95. The molecule has 0 aliphatic carbocycles. The second kappa shape index (κ2) is 4.51. The summed E-state index contributed by atoms with van der Waals surface area (Å²) in [6.07, 6.45) is 0. The van der Waals surface area contributed by atoms with E-state index >= 15 is 0 Å². The number of nitrogens with zero attached hydrogens (tertiary/aromatic N) is 1. The molecule has 0 saturated heterocycles. The van der Waals surface area contributed by atoms with E-state index in [1.54, 1.807) is 0 Å². The van der Waals surface area contributed by atoms with Crippen LogP contribution in [0.25, 0.3) is 22.4 Å². The van der Waals surface area contributed by atoms with Crippen LogP contribution in [0.5, 0.6) is 0 Å². The van der Waals surface area contributed by atoms with E-state index < -0.39 is 46.3 Å². The van der Waals surface area contributed by atoms with E-state index in [4.69, 9.17) is 0 Å². The minimum absolute atomic E-state index is 0.0638. The van der Waals surface area contributed by atoms with Crippen LogP contribution in [0.3, 0.4) is 0 Å². The third-order valence-corrected chi connectivity index (χ3v) is 2.91. The van der Waals surface area contributed by atoms with Gasteiger partial charge in [0.15, 0.2) is 29.1 Å². The number of aromatic amines is 1. The maximum absolute atomic E-state index is 13.6. The normalized spacial score (nSPS) is 11.3. The molecule has 0 unspecified atom stereocenters. The first-order valence-electron chi connectivity index (χ1n) is 5.58. The number of fused-ring (bicyclic) bond motifs is 1. The van der Waals surface area contributed by atoms with Gasteiger partial charge in [-0.25, -0.2) is 31.3 Å². The van der Waals surface area contributed by atoms with Crippen molar-refractivity contribution >= 4 is 11.0 Å². The maximum Gasteiger partial charge on any atom is 0.200 e. The molecule has 3 rings (SSSR count). The zero-order chi connectivity index (χ0) is 15.3. The Bertz CT molecular complexity index is 842. The van der Waals surface area contributed by atoms with E-state index in [2.05, 4.69) is 9.97 Å². The van der Waals surface area contributed by atoms with Crippen molar-refractivity contribution in [2.24, 2.45) is 0 Å². The third-order valence-electron chi connectivity index (χ3n) is 2.91. The van der Waals surface area contributed by atoms with E-state index in [0.29, 0.717) is 0 Å². The quantitative estimate of drug-likeness (QED) is 0.410. The van der Waals surface area contributed by atoms with Crippen LogP contribution in [0.15, 0.2) is 18.2 Å². The number of hydrogen-bond acceptors (Lipinski definition) is 1. The Labute approximate surface area is 113 Å². The van der Waals surface area contributed by atoms with E-state index in [9.17, 15) is 26.3 Å². The molecule has 1 aromatic heterocycles. The van der Waals surface area contributed by atoms with Crippen molar-refractivity contribution in [2.45, 2.75) is 0 Å². The second-order valence-electron chi connectivity index (χ2n) is 4.17. The molecule has 0 atom stereocenters. The molecule has 0 fully saturated rings. The number of halogens is 6. The van der Waals surface area contributed by atoms with Crippen molar-refractivity contribution in [3.8, 4) is 11.4 Å². The summed E-state index contributed by atoms with van der Waals surface area (Å²) in [6, 6.07) is 3.70. The summed E-state index contributed by atoms with van der Waals surface area (Å²) in [5, 5.41) is 0. The summed E-state index contributed by atoms with van der Waals surface area (Å²) in [4.78, 5) is 5.87. The van der Waals surface area contributed by atoms with Crippen LogP contribution in [0.4, 0.5) is 26.3 Å². The lowest BCUT2D eigenvalue weighted by molar-refractivity contribution is 0.381. The highest BCUT2D eigenvalue weighted by molar-refractivity contribution is 5.80. The largest absolute Gasteiger partial charge is 0.338 e. The Morgan fingerprint density at radius 2 is 1.33 bits per heavy atom. The average molecular weight is 302 g/mol. The molecule has 2 nitrogen and oxygen atoms in total. The number of benzene rings is 2. The fraction of sp³-hybridized carbons (Fsp3) is 0. The maximum atomic E-state index is 13.6. The van der Waals surface area contributed by atoms with Crippen molar-refractivity contribution in [3.05, 3.63) is 53.1 Å². The Morgan fingerprint density at radius 3 is 1.90 bits per heavy atom. The number of nitrogens with one attached hydrogen (secondary N) is 1. The molecule has 1 N–H and O–H groups in total. The molecule has 0 saturated carbocycles. The molecule has 0 aliphatic rings. The molecule has 108 valence electrons. The molecular formula is C13H4F6N2. The van der Waals surface area contributed by atoms with Gasteiger partial charge in [0, 0.05) is 0 Å². The van der Waals surface area contributed by atoms with Crippen LogP contribution in [0, 0.1) is 34.9 Å². The molecule has 3 aromatic rings. The second-order valence-corrected chi connectivity index (χ2v) is 4.17. The van der Waals surface area contributed by atoms with Crippen molar-refractivity contribution in [1.29, 1.82) is 0 Å². The van der Waals surface area contributed by atoms with Crippen LogP contribution in [0.1, 0.15) is 0 Å². The molecule has 0 amide bonds. The average Bonchev–Trinajstić information content (AvgIpc) is 2.88. The van der Waals surface area contributed by atoms with Gasteiger partial charge in [0.25, 0.3) is 0 Å². The summed E-state index contributed by atoms with van der Waals surface area (Å²) < 4.78 is 80.0. The summed E-state index contributed by atoms with van der Waals surface area (Å²) >= 11 is 0. The van der Waals surface area contributed by atoms with Crippen molar-refractivity contribution in [2.75, 3.05) is 0 Å². The van der Waals surface area contributed by atoms with E-state index in [0.717, 1.165) is 6.07 Å². The van der Waals surface area contributed by atoms with Gasteiger partial charge >= 0.3 is 0 Å². The highest BCUT2D eigenvalue weighted by atomic mass is 19.2. The summed E-state index contributed by atoms with van der Waals surface area (Å²) in [5.74, 6) is -12.0. The third kappa shape index (κ3) is 1.86. The number of para-hydroxylation sites is 1. The van der Waals surface area contributed by atoms with Crippen molar-refractivity contribution < 1.29 is 26.3 Å². The van der Waals surface area contributed by atoms with E-state index in [-0.39, 0.29) is 11.0 Å². The smallest absolute Gasteiger partial charge is 0.200 e. The topological polar surface area (TPSA) is 28.7 Å². The van der Waals surface area contributed by atoms with Crippen LogP contribution < -0.4 is 0 Å². The highest BCUT2D eigenvalue weighted by Crippen LogP contribution is 2.31. The molecule has 1 heterocycles. The molecule has 0 aliphatic heterocycles. The lowest BCUT2D eigenvalue weighted by atomic mass is 10.1. The first-order chi connectivity index (χ1) is 9.91. The van der Waals surface area contributed by atoms with E-state index in [1.165, 1.54) is 12.1 Å². The Morgan fingerprint density at radius 1 is 0.762 bits per heavy atom. The van der Waals surface area contributed by atoms with Crippen molar-refractivity contribution in [3.63, 3.8) is 0 Å². The molecule has 0 bridgehead atoms. The van der Waals surface area contributed by atoms with Gasteiger partial charge in [-0.05, 0) is 12.1 Å². The SMILES string of the molecule is Fc1c(F)c(F)c(-c2nc3c(F)cccc3[nH]2)c(F)c1F. The fourth-order valence-electron chi connectivity index (χ4n) is 1.93. The predicted molar refractivity (Wildman–Crippen MR) is 61.3 cm³/mol. The van der Waals surface area contributed by atoms with Crippen LogP contribution in [-0.4, -0.2) is 9.97 Å². The minimum atomic E-state index is -2.27. The molecule has 0 radical (unpaired) electrons. The monoisotopic (exact) mass is 302 g/mol. The van der Waals surface area contributed by atoms with Gasteiger partial charge in [0.05, 0.1) is 11.1 Å². The van der Waals surface area contributed by atoms with Crippen LogP contribution in [-0.2, 0) is 0 Å². The summed E-state index contributed by atoms with van der Waals surface area (Å²) in [5.41, 5.74) is -1.44. The number of aromatic nitrogens is 2. The van der Waals surface area contributed by atoms with Gasteiger partial charge in [-0.3, -0.25) is 0 Å². The summed E-state index contributed by atoms with van der Waals surface area (Å²) in [7, 11) is 0. The Hall–Kier alpha value is -2.51. The van der Waals surface area contributed by atoms with Crippen LogP contribution >= 0.6 is 0 Å². The van der Waals surface area contributed by atoms with Crippen molar-refractivity contribution in [1.82, 2.24) is 9.97 Å². The number of imidazole rings is 1. The first kappa shape index (κ1) is 13.5. The standard InChI is InChI=1S/C13H4F6N2/c14-4-2-1-3-5-12(4)21-13(20-5)6-7(15)9(17)11(19)10(18)8(6)16/h1-3H,(H,20,21). The Kier molecular flexibility index (Phi) is 2.89. The molecule has 21 heavy (non-hydrogen) atoms. The molecule has 2 aromatic carbocycles. The predicted octanol–water partition coefficient (Wildman–Crippen LogP) is 4.06. The lowest BCUT2D eigenvalue weighted by Gasteiger charge is -2.05. The van der Waals surface area contributed by atoms with E-state index in [1.807, 2.05) is 0 Å². The summed E-state index contributed by atoms with van der Waals surface area (Å²) in [6.45, 7) is 0. The number of H-pyrrole nitrogens is 1. The molecule has 0 spiro atoms. The number of hydrogen-bond donors (Lipinski definition) is 1. The van der Waals surface area contributed by atoms with Gasteiger partial charge in [0.1, 0.15) is 11.3 Å². The molecule has 8 heteroatoms. The van der Waals surface area contributed by atoms with Gasteiger partial charge in [-0.1, -0.05) is 6.07 Å². The Balaban J connectivity index is 2.35. The van der Waals surface area contributed by atoms with Crippen LogP contribution in [0.2, 0.25) is 0 Å². The van der Waals surface area contributed by atoms with Gasteiger partial charge in [-0.2, -0.15) is 0 Å². The first-order valence-corrected chi connectivity index (χ1v) is 5.58.